The Morgan fingerprint density at radius 3 is 2.40 bits per heavy atom. The summed E-state index contributed by atoms with van der Waals surface area (Å²) in [5, 5.41) is 11.1. The topological polar surface area (TPSA) is 69.6 Å². The molecule has 0 amide bonds. The number of hydrogen-bond donors (Lipinski definition) is 1. The van der Waals surface area contributed by atoms with Gasteiger partial charge in [-0.25, -0.2) is 0 Å². The van der Waals surface area contributed by atoms with E-state index in [2.05, 4.69) is 39.5 Å². The van der Waals surface area contributed by atoms with Gasteiger partial charge in [0.05, 0.1) is 62.4 Å². The van der Waals surface area contributed by atoms with Crippen LogP contribution in [0.2, 0.25) is 0 Å². The molecule has 8 fully saturated rings. The molecular formula is C38H63NO6. The Labute approximate surface area is 272 Å². The molecule has 3 aliphatic heterocycles. The van der Waals surface area contributed by atoms with Crippen molar-refractivity contribution in [1.29, 1.82) is 0 Å². The quantitative estimate of drug-likeness (QED) is 0.360. The van der Waals surface area contributed by atoms with Gasteiger partial charge in [0.1, 0.15) is 6.10 Å². The standard InChI is InChI=1S/C38H63NO6/c1-23(2)43-33(35(5,6)40)28-10-8-26-29(44-28)18-27-25-9-11-30-34(3,4)31(45-32-19-39(16-17-42-32)24-20-41-21-24)12-13-38(30)22-37(25,38)15-14-36(26,27)7/h23-33,40H,8-22H2,1-7H3/t25?,26?,27?,28?,29?,30?,31-,32?,33-,36+,37?,38?/m0/s1. The van der Waals surface area contributed by atoms with Crippen LogP contribution in [0.5, 0.6) is 0 Å². The van der Waals surface area contributed by atoms with Gasteiger partial charge < -0.3 is 28.8 Å². The van der Waals surface area contributed by atoms with E-state index < -0.39 is 5.60 Å². The fraction of sp³-hybridized carbons (Fsp3) is 1.00. The van der Waals surface area contributed by atoms with Gasteiger partial charge in [0.25, 0.3) is 0 Å². The van der Waals surface area contributed by atoms with Crippen LogP contribution in [0.3, 0.4) is 0 Å². The van der Waals surface area contributed by atoms with Crippen LogP contribution in [-0.4, -0.2) is 91.4 Å². The third kappa shape index (κ3) is 4.81. The lowest BCUT2D eigenvalue weighted by Gasteiger charge is -2.60. The summed E-state index contributed by atoms with van der Waals surface area (Å²) in [6, 6.07) is 0.549. The number of rotatable bonds is 7. The molecular weight excluding hydrogens is 566 g/mol. The van der Waals surface area contributed by atoms with Crippen molar-refractivity contribution in [2.24, 2.45) is 45.3 Å². The van der Waals surface area contributed by atoms with Gasteiger partial charge in [-0.2, -0.15) is 0 Å². The maximum Gasteiger partial charge on any atom is 0.170 e. The molecule has 0 aromatic rings. The second kappa shape index (κ2) is 10.9. The van der Waals surface area contributed by atoms with Crippen LogP contribution in [0.4, 0.5) is 0 Å². The summed E-state index contributed by atoms with van der Waals surface area (Å²) < 4.78 is 31.9. The van der Waals surface area contributed by atoms with Crippen molar-refractivity contribution in [2.45, 2.75) is 161 Å². The fourth-order valence-electron chi connectivity index (χ4n) is 13.4. The smallest absolute Gasteiger partial charge is 0.170 e. The molecule has 0 radical (unpaired) electrons. The van der Waals surface area contributed by atoms with Crippen molar-refractivity contribution < 1.29 is 28.8 Å². The Kier molecular flexibility index (Phi) is 7.71. The van der Waals surface area contributed by atoms with E-state index in [0.29, 0.717) is 34.3 Å². The van der Waals surface area contributed by atoms with Crippen molar-refractivity contribution in [2.75, 3.05) is 32.9 Å². The Morgan fingerprint density at radius 1 is 0.911 bits per heavy atom. The van der Waals surface area contributed by atoms with Crippen LogP contribution in [0.1, 0.15) is 113 Å². The zero-order valence-corrected chi connectivity index (χ0v) is 29.4. The van der Waals surface area contributed by atoms with Gasteiger partial charge in [-0.05, 0) is 137 Å². The summed E-state index contributed by atoms with van der Waals surface area (Å²) in [5.41, 5.74) is 0.687. The van der Waals surface area contributed by atoms with E-state index in [-0.39, 0.29) is 36.1 Å². The number of hydrogen-bond acceptors (Lipinski definition) is 7. The predicted octanol–water partition coefficient (Wildman–Crippen LogP) is 6.20. The number of fused-ring (bicyclic) bond motifs is 4. The molecule has 2 spiro atoms. The molecule has 12 atom stereocenters. The molecule has 3 saturated heterocycles. The third-order valence-electron chi connectivity index (χ3n) is 15.5. The lowest BCUT2D eigenvalue weighted by molar-refractivity contribution is -0.253. The molecule has 9 unspecified atom stereocenters. The molecule has 0 aromatic heterocycles. The Balaban J connectivity index is 0.965. The highest BCUT2D eigenvalue weighted by molar-refractivity contribution is 5.29. The van der Waals surface area contributed by atoms with E-state index in [0.717, 1.165) is 57.1 Å². The molecule has 7 nitrogen and oxygen atoms in total. The number of aliphatic hydroxyl groups is 1. The van der Waals surface area contributed by atoms with Crippen LogP contribution in [0, 0.1) is 45.3 Å². The van der Waals surface area contributed by atoms with E-state index in [1.165, 1.54) is 57.8 Å². The minimum absolute atomic E-state index is 0.0206. The predicted molar refractivity (Wildman–Crippen MR) is 173 cm³/mol. The average molecular weight is 630 g/mol. The van der Waals surface area contributed by atoms with Crippen molar-refractivity contribution in [3.8, 4) is 0 Å². The summed E-state index contributed by atoms with van der Waals surface area (Å²) >= 11 is 0. The molecule has 0 aromatic carbocycles. The molecule has 3 heterocycles. The highest BCUT2D eigenvalue weighted by atomic mass is 16.7. The van der Waals surface area contributed by atoms with Crippen LogP contribution in [-0.2, 0) is 23.7 Å². The Bertz CT molecular complexity index is 1120. The summed E-state index contributed by atoms with van der Waals surface area (Å²) in [5.74, 6) is 2.99. The molecule has 7 heteroatoms. The monoisotopic (exact) mass is 629 g/mol. The van der Waals surface area contributed by atoms with Crippen LogP contribution >= 0.6 is 0 Å². The van der Waals surface area contributed by atoms with E-state index in [1.54, 1.807) is 0 Å². The minimum Gasteiger partial charge on any atom is -0.388 e. The first-order chi connectivity index (χ1) is 21.3. The zero-order chi connectivity index (χ0) is 31.6. The van der Waals surface area contributed by atoms with E-state index in [4.69, 9.17) is 23.7 Å². The molecule has 0 bridgehead atoms. The highest BCUT2D eigenvalue weighted by Crippen LogP contribution is 2.87. The Morgan fingerprint density at radius 2 is 1.69 bits per heavy atom. The van der Waals surface area contributed by atoms with Crippen LogP contribution in [0.15, 0.2) is 0 Å². The Hall–Kier alpha value is -0.280. The number of nitrogens with zero attached hydrogens (tertiary/aromatic N) is 1. The first-order valence-electron chi connectivity index (χ1n) is 18.9. The van der Waals surface area contributed by atoms with Crippen molar-refractivity contribution in [3.05, 3.63) is 0 Å². The first kappa shape index (κ1) is 32.0. The van der Waals surface area contributed by atoms with Gasteiger partial charge in [-0.15, -0.1) is 0 Å². The number of ether oxygens (including phenoxy) is 5. The fourth-order valence-corrected chi connectivity index (χ4v) is 13.4. The molecule has 256 valence electrons. The summed E-state index contributed by atoms with van der Waals surface area (Å²) in [6.07, 6.45) is 13.2. The largest absolute Gasteiger partial charge is 0.388 e. The van der Waals surface area contributed by atoms with Gasteiger partial charge in [0, 0.05) is 6.54 Å². The number of morpholine rings is 1. The summed E-state index contributed by atoms with van der Waals surface area (Å²) in [6.45, 7) is 20.0. The maximum atomic E-state index is 11.1. The molecule has 1 N–H and O–H groups in total. The highest BCUT2D eigenvalue weighted by Gasteiger charge is 2.80. The van der Waals surface area contributed by atoms with Gasteiger partial charge in [0.2, 0.25) is 0 Å². The lowest BCUT2D eigenvalue weighted by atomic mass is 9.46. The van der Waals surface area contributed by atoms with E-state index in [1.807, 2.05) is 13.8 Å². The zero-order valence-electron chi connectivity index (χ0n) is 29.4. The normalized spacial score (nSPS) is 50.1. The minimum atomic E-state index is -0.913. The van der Waals surface area contributed by atoms with Crippen molar-refractivity contribution >= 4 is 0 Å². The molecule has 5 saturated carbocycles. The first-order valence-corrected chi connectivity index (χ1v) is 18.9. The average Bonchev–Trinajstić information content (AvgIpc) is 3.52. The molecule has 5 aliphatic carbocycles. The van der Waals surface area contributed by atoms with Crippen molar-refractivity contribution in [3.63, 3.8) is 0 Å². The summed E-state index contributed by atoms with van der Waals surface area (Å²) in [7, 11) is 0. The van der Waals surface area contributed by atoms with E-state index >= 15 is 0 Å². The van der Waals surface area contributed by atoms with Gasteiger partial charge in [-0.1, -0.05) is 20.8 Å². The van der Waals surface area contributed by atoms with Crippen LogP contribution < -0.4 is 0 Å². The van der Waals surface area contributed by atoms with Gasteiger partial charge >= 0.3 is 0 Å². The molecule has 8 rings (SSSR count). The second-order valence-electron chi connectivity index (χ2n) is 18.7. The van der Waals surface area contributed by atoms with Gasteiger partial charge in [-0.3, -0.25) is 4.90 Å². The maximum absolute atomic E-state index is 11.1. The SMILES string of the molecule is CC(C)O[C@@H](C1CCC2C(CC3C4CCC5C(C)(C)[C@@H](OC6CN(C7COC7)CCO6)CCC56CC46CC[C@]23C)O1)C(C)(C)O. The third-order valence-corrected chi connectivity index (χ3v) is 15.5. The second-order valence-corrected chi connectivity index (χ2v) is 18.7. The van der Waals surface area contributed by atoms with Crippen molar-refractivity contribution in [1.82, 2.24) is 4.90 Å². The lowest BCUT2D eigenvalue weighted by Crippen LogP contribution is -2.58. The molecule has 45 heavy (non-hydrogen) atoms. The van der Waals surface area contributed by atoms with Crippen LogP contribution in [0.25, 0.3) is 0 Å². The van der Waals surface area contributed by atoms with E-state index in [9.17, 15) is 5.11 Å². The molecule has 8 aliphatic rings. The van der Waals surface area contributed by atoms with Gasteiger partial charge in [0.15, 0.2) is 6.29 Å². The summed E-state index contributed by atoms with van der Waals surface area (Å²) in [4.78, 5) is 2.53.